The Balaban J connectivity index is 2.18. The Morgan fingerprint density at radius 2 is 1.67 bits per heavy atom. The first-order valence-electron chi connectivity index (χ1n) is 11.5. The molecular weight excluding hydrogens is 528 g/mol. The third-order valence-corrected chi connectivity index (χ3v) is 7.39. The van der Waals surface area contributed by atoms with Gasteiger partial charge in [-0.05, 0) is 61.2 Å². The van der Waals surface area contributed by atoms with Crippen LogP contribution in [0.1, 0.15) is 39.2 Å². The molecule has 0 spiro atoms. The van der Waals surface area contributed by atoms with Gasteiger partial charge < -0.3 is 10.2 Å². The molecule has 0 saturated carbocycles. The summed E-state index contributed by atoms with van der Waals surface area (Å²) in [7, 11) is -3.66. The van der Waals surface area contributed by atoms with Crippen LogP contribution in [0, 0.1) is 11.7 Å². The molecule has 0 aliphatic carbocycles. The largest absolute Gasteiger partial charge is 0.354 e. The van der Waals surface area contributed by atoms with Crippen molar-refractivity contribution in [2.75, 3.05) is 23.7 Å². The predicted octanol–water partition coefficient (Wildman–Crippen LogP) is 4.87. The molecule has 0 heterocycles. The van der Waals surface area contributed by atoms with Crippen LogP contribution in [0.4, 0.5) is 10.1 Å². The van der Waals surface area contributed by atoms with Gasteiger partial charge in [0.25, 0.3) is 0 Å². The fourth-order valence-corrected chi connectivity index (χ4v) is 4.77. The first kappa shape index (κ1) is 29.9. The lowest BCUT2D eigenvalue weighted by molar-refractivity contribution is -0.140. The first-order chi connectivity index (χ1) is 16.8. The molecule has 0 aliphatic rings. The Morgan fingerprint density at radius 3 is 2.22 bits per heavy atom. The third-order valence-electron chi connectivity index (χ3n) is 5.46. The van der Waals surface area contributed by atoms with Gasteiger partial charge in [-0.15, -0.1) is 0 Å². The van der Waals surface area contributed by atoms with Gasteiger partial charge in [-0.3, -0.25) is 13.9 Å². The van der Waals surface area contributed by atoms with Gasteiger partial charge in [0.05, 0.1) is 22.0 Å². The zero-order valence-corrected chi connectivity index (χ0v) is 23.1. The second kappa shape index (κ2) is 13.3. The molecule has 2 rings (SSSR count). The summed E-state index contributed by atoms with van der Waals surface area (Å²) in [6.07, 6.45) is 1.24. The lowest BCUT2D eigenvalue weighted by Crippen LogP contribution is -2.48. The van der Waals surface area contributed by atoms with Crippen LogP contribution in [0.2, 0.25) is 10.0 Å². The summed E-state index contributed by atoms with van der Waals surface area (Å²) in [4.78, 5) is 27.5. The molecule has 198 valence electrons. The molecule has 0 bridgehead atoms. The highest BCUT2D eigenvalue weighted by molar-refractivity contribution is 7.92. The van der Waals surface area contributed by atoms with Crippen molar-refractivity contribution in [2.24, 2.45) is 5.92 Å². The summed E-state index contributed by atoms with van der Waals surface area (Å²) in [5.41, 5.74) is 1.01. The van der Waals surface area contributed by atoms with Gasteiger partial charge in [0.1, 0.15) is 11.9 Å². The number of carbonyl (C=O) groups excluding carboxylic acids is 2. The van der Waals surface area contributed by atoms with E-state index < -0.39 is 21.9 Å². The molecule has 2 amide bonds. The van der Waals surface area contributed by atoms with Crippen LogP contribution < -0.4 is 9.62 Å². The molecular formula is C25H32Cl2FN3O4S. The molecule has 0 fully saturated rings. The van der Waals surface area contributed by atoms with E-state index in [0.717, 1.165) is 10.6 Å². The lowest BCUT2D eigenvalue weighted by Gasteiger charge is -2.29. The molecule has 0 radical (unpaired) electrons. The highest BCUT2D eigenvalue weighted by atomic mass is 35.5. The van der Waals surface area contributed by atoms with Gasteiger partial charge in [-0.25, -0.2) is 12.8 Å². The SMILES string of the molecule is CC(C)CNC(=O)[C@H](C)N(Cc1ccc(Cl)c(Cl)c1)C(=O)CCCN(c1ccc(F)cc1)S(C)(=O)=O. The fraction of sp³-hybridized carbons (Fsp3) is 0.440. The van der Waals surface area contributed by atoms with Crippen LogP contribution in [-0.2, 0) is 26.2 Å². The van der Waals surface area contributed by atoms with Crippen LogP contribution in [0.25, 0.3) is 0 Å². The second-order valence-corrected chi connectivity index (χ2v) is 11.7. The monoisotopic (exact) mass is 559 g/mol. The smallest absolute Gasteiger partial charge is 0.242 e. The maximum atomic E-state index is 13.3. The van der Waals surface area contributed by atoms with Crippen molar-refractivity contribution in [2.45, 2.75) is 46.2 Å². The number of rotatable bonds is 12. The quantitative estimate of drug-likeness (QED) is 0.402. The highest BCUT2D eigenvalue weighted by Crippen LogP contribution is 2.24. The topological polar surface area (TPSA) is 86.8 Å². The lowest BCUT2D eigenvalue weighted by atomic mass is 10.1. The van der Waals surface area contributed by atoms with Crippen LogP contribution in [0.15, 0.2) is 42.5 Å². The van der Waals surface area contributed by atoms with Crippen molar-refractivity contribution < 1.29 is 22.4 Å². The van der Waals surface area contributed by atoms with Gasteiger partial charge in [-0.2, -0.15) is 0 Å². The Morgan fingerprint density at radius 1 is 1.03 bits per heavy atom. The number of benzene rings is 2. The number of hydrogen-bond acceptors (Lipinski definition) is 4. The van der Waals surface area contributed by atoms with Crippen LogP contribution >= 0.6 is 23.2 Å². The molecule has 2 aromatic rings. The minimum Gasteiger partial charge on any atom is -0.354 e. The van der Waals surface area contributed by atoms with Crippen LogP contribution in [-0.4, -0.2) is 50.5 Å². The Labute approximate surface area is 222 Å². The Kier molecular flexibility index (Phi) is 11.0. The molecule has 0 saturated heterocycles. The number of amides is 2. The fourth-order valence-electron chi connectivity index (χ4n) is 3.48. The predicted molar refractivity (Wildman–Crippen MR) is 142 cm³/mol. The average molecular weight is 561 g/mol. The number of carbonyl (C=O) groups is 2. The maximum Gasteiger partial charge on any atom is 0.242 e. The van der Waals surface area contributed by atoms with Crippen LogP contribution in [0.5, 0.6) is 0 Å². The van der Waals surface area contributed by atoms with E-state index in [2.05, 4.69) is 5.32 Å². The molecule has 1 N–H and O–H groups in total. The van der Waals surface area contributed by atoms with E-state index in [1.165, 1.54) is 29.2 Å². The van der Waals surface area contributed by atoms with Crippen molar-refractivity contribution in [3.63, 3.8) is 0 Å². The van der Waals surface area contributed by atoms with Crippen molar-refractivity contribution in [1.29, 1.82) is 0 Å². The van der Waals surface area contributed by atoms with E-state index in [1.807, 2.05) is 13.8 Å². The number of anilines is 1. The molecule has 0 aliphatic heterocycles. The molecule has 0 aromatic heterocycles. The summed E-state index contributed by atoms with van der Waals surface area (Å²) >= 11 is 12.1. The Hall–Kier alpha value is -2.36. The maximum absolute atomic E-state index is 13.3. The van der Waals surface area contributed by atoms with Gasteiger partial charge in [0, 0.05) is 26.1 Å². The van der Waals surface area contributed by atoms with Gasteiger partial charge in [-0.1, -0.05) is 43.1 Å². The summed E-state index contributed by atoms with van der Waals surface area (Å²) in [6.45, 7) is 6.20. The summed E-state index contributed by atoms with van der Waals surface area (Å²) < 4.78 is 39.0. The second-order valence-electron chi connectivity index (χ2n) is 9.00. The van der Waals surface area contributed by atoms with E-state index in [9.17, 15) is 22.4 Å². The summed E-state index contributed by atoms with van der Waals surface area (Å²) in [5, 5.41) is 3.56. The number of sulfonamides is 1. The van der Waals surface area contributed by atoms with Crippen molar-refractivity contribution in [3.8, 4) is 0 Å². The van der Waals surface area contributed by atoms with Crippen molar-refractivity contribution in [3.05, 3.63) is 63.9 Å². The van der Waals surface area contributed by atoms with Crippen LogP contribution in [0.3, 0.4) is 0 Å². The van der Waals surface area contributed by atoms with Crippen molar-refractivity contribution >= 4 is 50.7 Å². The van der Waals surface area contributed by atoms with E-state index >= 15 is 0 Å². The van der Waals surface area contributed by atoms with Gasteiger partial charge in [0.15, 0.2) is 0 Å². The average Bonchev–Trinajstić information content (AvgIpc) is 2.80. The minimum absolute atomic E-state index is 0.00363. The molecule has 11 heteroatoms. The van der Waals surface area contributed by atoms with E-state index in [1.54, 1.807) is 25.1 Å². The normalized spacial score (nSPS) is 12.3. The molecule has 1 atom stereocenters. The molecule has 36 heavy (non-hydrogen) atoms. The zero-order chi connectivity index (χ0) is 27.0. The number of nitrogens with one attached hydrogen (secondary N) is 1. The first-order valence-corrected chi connectivity index (χ1v) is 14.1. The third kappa shape index (κ3) is 8.94. The number of hydrogen-bond donors (Lipinski definition) is 1. The van der Waals surface area contributed by atoms with E-state index in [4.69, 9.17) is 23.2 Å². The number of nitrogens with zero attached hydrogens (tertiary/aromatic N) is 2. The summed E-state index contributed by atoms with van der Waals surface area (Å²) in [6, 6.07) is 9.32. The van der Waals surface area contributed by atoms with Gasteiger partial charge >= 0.3 is 0 Å². The summed E-state index contributed by atoms with van der Waals surface area (Å²) in [5.74, 6) is -0.846. The van der Waals surface area contributed by atoms with E-state index in [-0.39, 0.29) is 43.7 Å². The highest BCUT2D eigenvalue weighted by Gasteiger charge is 2.27. The minimum atomic E-state index is -3.66. The molecule has 7 nitrogen and oxygen atoms in total. The molecule has 0 unspecified atom stereocenters. The Bertz CT molecular complexity index is 1160. The van der Waals surface area contributed by atoms with E-state index in [0.29, 0.717) is 27.8 Å². The van der Waals surface area contributed by atoms with Gasteiger partial charge in [0.2, 0.25) is 21.8 Å². The standard InChI is InChI=1S/C25H32Cl2FN3O4S/c1-17(2)15-29-25(33)18(3)30(16-19-7-12-22(26)23(27)14-19)24(32)6-5-13-31(36(4,34)35)21-10-8-20(28)9-11-21/h7-12,14,17-18H,5-6,13,15-16H2,1-4H3,(H,29,33)/t18-/m0/s1. The molecule has 2 aromatic carbocycles. The van der Waals surface area contributed by atoms with Crippen molar-refractivity contribution in [1.82, 2.24) is 10.2 Å². The number of halogens is 3. The zero-order valence-electron chi connectivity index (χ0n) is 20.8.